The van der Waals surface area contributed by atoms with Crippen LogP contribution in [0.1, 0.15) is 41.4 Å². The van der Waals surface area contributed by atoms with Crippen LogP contribution < -0.4 is 14.8 Å². The first kappa shape index (κ1) is 25.7. The highest BCUT2D eigenvalue weighted by Gasteiger charge is 2.22. The Morgan fingerprint density at radius 3 is 2.92 bits per heavy atom. The van der Waals surface area contributed by atoms with Crippen LogP contribution in [-0.4, -0.2) is 46.4 Å². The van der Waals surface area contributed by atoms with Gasteiger partial charge in [-0.1, -0.05) is 29.0 Å². The molecule has 2 aromatic heterocycles. The lowest BCUT2D eigenvalue weighted by Gasteiger charge is -2.09. The number of aromatic nitrogens is 3. The van der Waals surface area contributed by atoms with Crippen molar-refractivity contribution in [1.82, 2.24) is 20.1 Å². The van der Waals surface area contributed by atoms with E-state index in [0.717, 1.165) is 17.2 Å². The van der Waals surface area contributed by atoms with Crippen molar-refractivity contribution in [1.29, 1.82) is 0 Å². The molecule has 0 saturated heterocycles. The molecule has 0 unspecified atom stereocenters. The molecule has 3 aromatic rings. The lowest BCUT2D eigenvalue weighted by Crippen LogP contribution is -2.31. The molecule has 4 rings (SSSR count). The molecule has 0 aliphatic heterocycles. The van der Waals surface area contributed by atoms with Gasteiger partial charge in [-0.25, -0.2) is 9.78 Å². The maximum Gasteiger partial charge on any atom is 0.341 e. The molecule has 11 heteroatoms. The van der Waals surface area contributed by atoms with Gasteiger partial charge in [-0.3, -0.25) is 9.48 Å². The number of methoxy groups -OCH3 is 1. The zero-order chi connectivity index (χ0) is 25.5. The third-order valence-electron chi connectivity index (χ3n) is 5.35. The third-order valence-corrected chi connectivity index (χ3v) is 6.48. The summed E-state index contributed by atoms with van der Waals surface area (Å²) in [6, 6.07) is 5.18. The number of carbonyl (C=O) groups is 2. The predicted octanol–water partition coefficient (Wildman–Crippen LogP) is 4.97. The van der Waals surface area contributed by atoms with E-state index in [1.54, 1.807) is 24.5 Å². The number of rotatable bonds is 12. The summed E-state index contributed by atoms with van der Waals surface area (Å²) in [6.07, 6.45) is 11.1. The van der Waals surface area contributed by atoms with Gasteiger partial charge in [0.05, 0.1) is 35.4 Å². The highest BCUT2D eigenvalue weighted by atomic mass is 35.5. The van der Waals surface area contributed by atoms with Crippen molar-refractivity contribution in [3.63, 3.8) is 0 Å². The number of amides is 1. The molecule has 36 heavy (non-hydrogen) atoms. The Morgan fingerprint density at radius 2 is 2.17 bits per heavy atom. The number of thiazole rings is 1. The normalized spacial score (nSPS) is 14.0. The summed E-state index contributed by atoms with van der Waals surface area (Å²) in [5.74, 6) is 1.32. The Kier molecular flexibility index (Phi) is 8.61. The van der Waals surface area contributed by atoms with Crippen LogP contribution in [0.3, 0.4) is 0 Å². The van der Waals surface area contributed by atoms with Crippen LogP contribution in [0.5, 0.6) is 16.7 Å². The van der Waals surface area contributed by atoms with Crippen molar-refractivity contribution < 1.29 is 23.8 Å². The van der Waals surface area contributed by atoms with Gasteiger partial charge in [-0.05, 0) is 43.9 Å². The molecule has 2 heterocycles. The quantitative estimate of drug-likeness (QED) is 0.330. The van der Waals surface area contributed by atoms with Crippen molar-refractivity contribution in [3.05, 3.63) is 58.3 Å². The Bertz CT molecular complexity index is 1240. The number of aryl methyl sites for hydroxylation is 1. The summed E-state index contributed by atoms with van der Waals surface area (Å²) >= 11 is 7.71. The summed E-state index contributed by atoms with van der Waals surface area (Å²) in [5.41, 5.74) is 0.347. The van der Waals surface area contributed by atoms with E-state index in [4.69, 9.17) is 21.1 Å². The minimum absolute atomic E-state index is 0.130. The maximum atomic E-state index is 12.2. The van der Waals surface area contributed by atoms with Gasteiger partial charge in [0.15, 0.2) is 0 Å². The van der Waals surface area contributed by atoms with E-state index in [2.05, 4.69) is 20.1 Å². The molecule has 1 amide bonds. The van der Waals surface area contributed by atoms with E-state index in [0.29, 0.717) is 34.0 Å². The van der Waals surface area contributed by atoms with Crippen LogP contribution in [0.15, 0.2) is 42.9 Å². The molecule has 0 radical (unpaired) electrons. The van der Waals surface area contributed by atoms with Crippen molar-refractivity contribution >= 4 is 40.9 Å². The Hall–Kier alpha value is -3.37. The molecule has 1 aromatic carbocycles. The highest BCUT2D eigenvalue weighted by molar-refractivity contribution is 7.14. The van der Waals surface area contributed by atoms with Crippen molar-refractivity contribution in [2.45, 2.75) is 38.8 Å². The molecule has 190 valence electrons. The van der Waals surface area contributed by atoms with Crippen LogP contribution in [-0.2, 0) is 16.1 Å². The lowest BCUT2D eigenvalue weighted by molar-refractivity contribution is -0.121. The Balaban J connectivity index is 1.22. The molecule has 1 fully saturated rings. The molecular formula is C25H27ClN4O5S. The number of hydrogen-bond acceptors (Lipinski definition) is 8. The molecule has 1 saturated carbocycles. The largest absolute Gasteiger partial charge is 0.493 e. The standard InChI is InChI=1S/C25H27ClN4O5S/c1-16(29-23(31)9-10-30-14-18(12-28-30)24(32)33-2)3-7-20-13-27-25(36-20)35-22-8-6-19(11-21(22)26)34-15-17-4-5-17/h3,6-8,11-14,16-17H,4-5,9-10,15H2,1-2H3,(H,29,31)/b7-3+/t16-/m0/s1. The summed E-state index contributed by atoms with van der Waals surface area (Å²) in [7, 11) is 1.31. The fourth-order valence-electron chi connectivity index (χ4n) is 3.18. The lowest BCUT2D eigenvalue weighted by atomic mass is 10.2. The van der Waals surface area contributed by atoms with E-state index in [9.17, 15) is 9.59 Å². The molecule has 9 nitrogen and oxygen atoms in total. The fraction of sp³-hybridized carbons (Fsp3) is 0.360. The van der Waals surface area contributed by atoms with Gasteiger partial charge < -0.3 is 19.5 Å². The minimum Gasteiger partial charge on any atom is -0.493 e. The summed E-state index contributed by atoms with van der Waals surface area (Å²) in [6.45, 7) is 2.95. The smallest absolute Gasteiger partial charge is 0.341 e. The van der Waals surface area contributed by atoms with Gasteiger partial charge >= 0.3 is 5.97 Å². The van der Waals surface area contributed by atoms with Crippen molar-refractivity contribution in [2.24, 2.45) is 5.92 Å². The van der Waals surface area contributed by atoms with Gasteiger partial charge in [0, 0.05) is 37.5 Å². The average molecular weight is 531 g/mol. The van der Waals surface area contributed by atoms with Crippen LogP contribution in [0.25, 0.3) is 6.08 Å². The predicted molar refractivity (Wildman–Crippen MR) is 137 cm³/mol. The number of nitrogens with zero attached hydrogens (tertiary/aromatic N) is 3. The number of esters is 1. The van der Waals surface area contributed by atoms with Gasteiger partial charge in [-0.15, -0.1) is 0 Å². The molecule has 1 aliphatic rings. The summed E-state index contributed by atoms with van der Waals surface area (Å²) in [5, 5.41) is 7.89. The van der Waals surface area contributed by atoms with Crippen LogP contribution in [0, 0.1) is 5.92 Å². The second kappa shape index (κ2) is 12.0. The van der Waals surface area contributed by atoms with E-state index >= 15 is 0 Å². The van der Waals surface area contributed by atoms with Crippen LogP contribution in [0.2, 0.25) is 5.02 Å². The van der Waals surface area contributed by atoms with Crippen molar-refractivity contribution in [3.8, 4) is 16.7 Å². The minimum atomic E-state index is -0.462. The zero-order valence-corrected chi connectivity index (χ0v) is 21.6. The second-order valence-electron chi connectivity index (χ2n) is 8.43. The number of carbonyl (C=O) groups excluding carboxylic acids is 2. The van der Waals surface area contributed by atoms with E-state index in [1.807, 2.05) is 25.1 Å². The molecule has 1 N–H and O–H groups in total. The number of halogens is 1. The van der Waals surface area contributed by atoms with E-state index in [1.165, 1.54) is 42.2 Å². The zero-order valence-electron chi connectivity index (χ0n) is 20.0. The molecule has 1 atom stereocenters. The van der Waals surface area contributed by atoms with E-state index < -0.39 is 5.97 Å². The average Bonchev–Trinajstić information content (AvgIpc) is 3.38. The second-order valence-corrected chi connectivity index (χ2v) is 9.86. The summed E-state index contributed by atoms with van der Waals surface area (Å²) < 4.78 is 17.8. The number of nitrogens with one attached hydrogen (secondary N) is 1. The maximum absolute atomic E-state index is 12.2. The van der Waals surface area contributed by atoms with Crippen molar-refractivity contribution in [2.75, 3.05) is 13.7 Å². The highest BCUT2D eigenvalue weighted by Crippen LogP contribution is 2.35. The van der Waals surface area contributed by atoms with Crippen LogP contribution >= 0.6 is 22.9 Å². The first-order valence-corrected chi connectivity index (χ1v) is 12.7. The molecular weight excluding hydrogens is 504 g/mol. The van der Waals surface area contributed by atoms with Gasteiger partial charge in [0.25, 0.3) is 5.19 Å². The Labute approximate surface area is 218 Å². The molecule has 0 bridgehead atoms. The SMILES string of the molecule is COC(=O)c1cnn(CCC(=O)N[C@@H](C)/C=C/c2cnc(Oc3ccc(OCC4CC4)cc3Cl)s2)c1. The topological polar surface area (TPSA) is 105 Å². The van der Waals surface area contributed by atoms with Crippen LogP contribution in [0.4, 0.5) is 0 Å². The number of ether oxygens (including phenoxy) is 3. The fourth-order valence-corrected chi connectivity index (χ4v) is 4.08. The molecule has 0 spiro atoms. The first-order chi connectivity index (χ1) is 17.4. The van der Waals surface area contributed by atoms with Gasteiger partial charge in [0.2, 0.25) is 5.91 Å². The number of hydrogen-bond donors (Lipinski definition) is 1. The monoisotopic (exact) mass is 530 g/mol. The summed E-state index contributed by atoms with van der Waals surface area (Å²) in [4.78, 5) is 28.9. The number of benzene rings is 1. The Morgan fingerprint density at radius 1 is 1.33 bits per heavy atom. The molecule has 1 aliphatic carbocycles. The van der Waals surface area contributed by atoms with E-state index in [-0.39, 0.29) is 18.4 Å². The first-order valence-electron chi connectivity index (χ1n) is 11.5. The van der Waals surface area contributed by atoms with Gasteiger partial charge in [-0.2, -0.15) is 5.10 Å². The van der Waals surface area contributed by atoms with Gasteiger partial charge in [0.1, 0.15) is 11.5 Å². The third kappa shape index (κ3) is 7.56.